The molecule has 1 aliphatic rings. The van der Waals surface area contributed by atoms with E-state index in [1.54, 1.807) is 30.3 Å². The minimum Gasteiger partial charge on any atom is -0.494 e. The molecule has 1 N–H and O–H groups in total. The second-order valence-electron chi connectivity index (χ2n) is 7.98. The quantitative estimate of drug-likeness (QED) is 0.279. The first-order valence-corrected chi connectivity index (χ1v) is 12.4. The number of hydrogen-bond donors (Lipinski definition) is 1. The van der Waals surface area contributed by atoms with Crippen LogP contribution in [-0.4, -0.2) is 44.7 Å². The third-order valence-corrected chi connectivity index (χ3v) is 6.59. The number of halogens is 1. The number of aromatic nitrogens is 5. The normalized spacial score (nSPS) is 12.0. The van der Waals surface area contributed by atoms with Crippen molar-refractivity contribution < 1.29 is 23.7 Å². The molecule has 0 saturated heterocycles. The Kier molecular flexibility index (Phi) is 6.10. The average molecular weight is 549 g/mol. The Bertz CT molecular complexity index is 1710. The van der Waals surface area contributed by atoms with Gasteiger partial charge in [0, 0.05) is 23.0 Å². The first kappa shape index (κ1) is 23.8. The predicted molar refractivity (Wildman–Crippen MR) is 140 cm³/mol. The molecule has 190 valence electrons. The molecule has 5 aromatic rings. The Labute approximate surface area is 224 Å². The van der Waals surface area contributed by atoms with E-state index in [1.807, 2.05) is 6.92 Å². The molecule has 13 heteroatoms. The zero-order valence-corrected chi connectivity index (χ0v) is 21.5. The highest BCUT2D eigenvalue weighted by atomic mass is 35.5. The standard InChI is InChI=1S/C25H17ClN6O5S/c1-12-6-13(14-7-19(26)28-9-18(14)34-2)15(8-27-12)23(33)32-25-31-22-24(38-25)30-20(10-29-22)37-17-5-3-4-16-21(17)36-11-35-16/h3-10H,11H2,1-2H3,(H,29,31,32,33). The van der Waals surface area contributed by atoms with Gasteiger partial charge in [-0.2, -0.15) is 9.97 Å². The zero-order chi connectivity index (χ0) is 26.2. The van der Waals surface area contributed by atoms with Crippen LogP contribution in [0.15, 0.2) is 48.9 Å². The summed E-state index contributed by atoms with van der Waals surface area (Å²) in [5.74, 6) is 1.84. The van der Waals surface area contributed by atoms with Crippen molar-refractivity contribution in [2.24, 2.45) is 0 Å². The van der Waals surface area contributed by atoms with Crippen LogP contribution in [0.4, 0.5) is 5.13 Å². The lowest BCUT2D eigenvalue weighted by Gasteiger charge is -2.13. The van der Waals surface area contributed by atoms with Gasteiger partial charge in [-0.25, -0.2) is 9.97 Å². The summed E-state index contributed by atoms with van der Waals surface area (Å²) in [6.45, 7) is 1.95. The predicted octanol–water partition coefficient (Wildman–Crippen LogP) is 5.29. The molecule has 0 saturated carbocycles. The van der Waals surface area contributed by atoms with Gasteiger partial charge in [0.2, 0.25) is 18.4 Å². The Morgan fingerprint density at radius 3 is 2.82 bits per heavy atom. The summed E-state index contributed by atoms with van der Waals surface area (Å²) in [7, 11) is 1.52. The maximum absolute atomic E-state index is 13.3. The van der Waals surface area contributed by atoms with Crippen LogP contribution in [0.1, 0.15) is 16.1 Å². The number of nitrogens with one attached hydrogen (secondary N) is 1. The van der Waals surface area contributed by atoms with Gasteiger partial charge in [0.05, 0.1) is 25.1 Å². The molecule has 0 bridgehead atoms. The number of amides is 1. The summed E-state index contributed by atoms with van der Waals surface area (Å²) in [6.07, 6.45) is 4.44. The number of methoxy groups -OCH3 is 1. The number of rotatable bonds is 6. The Morgan fingerprint density at radius 2 is 1.95 bits per heavy atom. The Balaban J connectivity index is 1.28. The summed E-state index contributed by atoms with van der Waals surface area (Å²) in [6, 6.07) is 8.74. The Morgan fingerprint density at radius 1 is 1.05 bits per heavy atom. The van der Waals surface area contributed by atoms with Gasteiger partial charge in [-0.15, -0.1) is 0 Å². The molecule has 1 amide bonds. The molecule has 4 aromatic heterocycles. The molecule has 0 atom stereocenters. The minimum atomic E-state index is -0.421. The molecule has 38 heavy (non-hydrogen) atoms. The zero-order valence-electron chi connectivity index (χ0n) is 19.9. The van der Waals surface area contributed by atoms with E-state index >= 15 is 0 Å². The van der Waals surface area contributed by atoms with Crippen LogP contribution in [0.3, 0.4) is 0 Å². The number of fused-ring (bicyclic) bond motifs is 2. The number of carbonyl (C=O) groups excluding carboxylic acids is 1. The molecule has 0 aliphatic carbocycles. The molecule has 0 spiro atoms. The maximum atomic E-state index is 13.3. The molecular formula is C25H17ClN6O5S. The lowest BCUT2D eigenvalue weighted by Crippen LogP contribution is -2.14. The van der Waals surface area contributed by atoms with Crippen molar-refractivity contribution in [3.8, 4) is 40.0 Å². The number of para-hydroxylation sites is 1. The van der Waals surface area contributed by atoms with Crippen molar-refractivity contribution in [2.45, 2.75) is 6.92 Å². The van der Waals surface area contributed by atoms with E-state index < -0.39 is 5.91 Å². The van der Waals surface area contributed by atoms with Crippen LogP contribution in [0.5, 0.6) is 28.9 Å². The molecule has 11 nitrogen and oxygen atoms in total. The first-order valence-electron chi connectivity index (χ1n) is 11.2. The van der Waals surface area contributed by atoms with E-state index in [0.717, 1.165) is 11.3 Å². The summed E-state index contributed by atoms with van der Waals surface area (Å²) >= 11 is 7.29. The van der Waals surface area contributed by atoms with Gasteiger partial charge in [-0.1, -0.05) is 29.0 Å². The third-order valence-electron chi connectivity index (χ3n) is 5.53. The van der Waals surface area contributed by atoms with Crippen molar-refractivity contribution in [2.75, 3.05) is 19.2 Å². The van der Waals surface area contributed by atoms with Crippen LogP contribution in [0.2, 0.25) is 5.15 Å². The van der Waals surface area contributed by atoms with Crippen molar-refractivity contribution in [3.63, 3.8) is 0 Å². The van der Waals surface area contributed by atoms with Crippen molar-refractivity contribution in [1.29, 1.82) is 0 Å². The highest BCUT2D eigenvalue weighted by molar-refractivity contribution is 7.21. The minimum absolute atomic E-state index is 0.123. The fourth-order valence-electron chi connectivity index (χ4n) is 3.82. The molecular weight excluding hydrogens is 532 g/mol. The largest absolute Gasteiger partial charge is 0.494 e. The monoisotopic (exact) mass is 548 g/mol. The van der Waals surface area contributed by atoms with Gasteiger partial charge >= 0.3 is 0 Å². The van der Waals surface area contributed by atoms with Crippen LogP contribution < -0.4 is 24.3 Å². The van der Waals surface area contributed by atoms with Crippen molar-refractivity contribution in [1.82, 2.24) is 24.9 Å². The van der Waals surface area contributed by atoms with E-state index in [2.05, 4.69) is 30.2 Å². The van der Waals surface area contributed by atoms with E-state index in [0.29, 0.717) is 61.0 Å². The second-order valence-corrected chi connectivity index (χ2v) is 9.35. The highest BCUT2D eigenvalue weighted by Gasteiger charge is 2.21. The summed E-state index contributed by atoms with van der Waals surface area (Å²) in [5, 5.41) is 3.39. The maximum Gasteiger partial charge on any atom is 0.259 e. The number of aryl methyl sites for hydroxylation is 1. The number of nitrogens with zero attached hydrogens (tertiary/aromatic N) is 5. The van der Waals surface area contributed by atoms with E-state index in [9.17, 15) is 4.79 Å². The Hall–Kier alpha value is -4.55. The third kappa shape index (κ3) is 4.51. The van der Waals surface area contributed by atoms with Crippen LogP contribution in [0.25, 0.3) is 21.6 Å². The number of pyridine rings is 2. The van der Waals surface area contributed by atoms with Gasteiger partial charge in [0.25, 0.3) is 5.91 Å². The van der Waals surface area contributed by atoms with Crippen LogP contribution >= 0.6 is 22.9 Å². The SMILES string of the molecule is COc1cnc(Cl)cc1-c1cc(C)ncc1C(=O)Nc1nc2ncc(Oc3cccc4c3OCO4)nc2s1. The molecule has 1 aromatic carbocycles. The smallest absolute Gasteiger partial charge is 0.259 e. The summed E-state index contributed by atoms with van der Waals surface area (Å²) in [5.41, 5.74) is 2.58. The summed E-state index contributed by atoms with van der Waals surface area (Å²) < 4.78 is 22.2. The first-order chi connectivity index (χ1) is 18.5. The van der Waals surface area contributed by atoms with E-state index in [4.69, 9.17) is 30.5 Å². The molecule has 1 aliphatic heterocycles. The highest BCUT2D eigenvalue weighted by Crippen LogP contribution is 2.42. The number of thiazole rings is 1. The second kappa shape index (κ2) is 9.72. The summed E-state index contributed by atoms with van der Waals surface area (Å²) in [4.78, 5) is 35.3. The number of anilines is 1. The lowest BCUT2D eigenvalue weighted by atomic mass is 10.0. The number of hydrogen-bond acceptors (Lipinski definition) is 11. The van der Waals surface area contributed by atoms with Gasteiger partial charge in [0.1, 0.15) is 10.9 Å². The molecule has 5 heterocycles. The van der Waals surface area contributed by atoms with Gasteiger partial charge in [-0.3, -0.25) is 15.1 Å². The van der Waals surface area contributed by atoms with E-state index in [-0.39, 0.29) is 17.8 Å². The molecule has 0 unspecified atom stereocenters. The number of carbonyl (C=O) groups is 1. The number of ether oxygens (including phenoxy) is 4. The fraction of sp³-hybridized carbons (Fsp3) is 0.120. The molecule has 0 fully saturated rings. The lowest BCUT2D eigenvalue weighted by molar-refractivity contribution is 0.102. The van der Waals surface area contributed by atoms with Gasteiger partial charge in [-0.05, 0) is 31.2 Å². The van der Waals surface area contributed by atoms with Crippen LogP contribution in [0, 0.1) is 6.92 Å². The van der Waals surface area contributed by atoms with Gasteiger partial charge < -0.3 is 18.9 Å². The molecule has 6 rings (SSSR count). The number of benzene rings is 1. The fourth-order valence-corrected chi connectivity index (χ4v) is 4.77. The molecule has 0 radical (unpaired) electrons. The van der Waals surface area contributed by atoms with Crippen molar-refractivity contribution in [3.05, 3.63) is 65.3 Å². The average Bonchev–Trinajstić information content (AvgIpc) is 3.55. The van der Waals surface area contributed by atoms with Crippen molar-refractivity contribution >= 4 is 44.5 Å². The van der Waals surface area contributed by atoms with E-state index in [1.165, 1.54) is 25.7 Å². The topological polar surface area (TPSA) is 130 Å². The van der Waals surface area contributed by atoms with Gasteiger partial charge in [0.15, 0.2) is 27.1 Å². The van der Waals surface area contributed by atoms with Crippen LogP contribution in [-0.2, 0) is 0 Å².